The van der Waals surface area contributed by atoms with Crippen molar-refractivity contribution in [3.8, 4) is 0 Å². The van der Waals surface area contributed by atoms with Crippen LogP contribution in [0.2, 0.25) is 0 Å². The van der Waals surface area contributed by atoms with Crippen molar-refractivity contribution in [2.45, 2.75) is 57.5 Å². The highest BCUT2D eigenvalue weighted by Gasteiger charge is 2.22. The van der Waals surface area contributed by atoms with Crippen LogP contribution in [0.3, 0.4) is 0 Å². The second-order valence-electron chi connectivity index (χ2n) is 5.22. The molecule has 0 bridgehead atoms. The van der Waals surface area contributed by atoms with E-state index in [1.807, 2.05) is 0 Å². The van der Waals surface area contributed by atoms with E-state index in [-0.39, 0.29) is 11.9 Å². The average Bonchev–Trinajstić information content (AvgIpc) is 2.89. The van der Waals surface area contributed by atoms with E-state index in [9.17, 15) is 4.79 Å². The van der Waals surface area contributed by atoms with Gasteiger partial charge in [-0.3, -0.25) is 4.79 Å². The van der Waals surface area contributed by atoms with Gasteiger partial charge in [-0.15, -0.1) is 11.3 Å². The summed E-state index contributed by atoms with van der Waals surface area (Å²) in [5.74, 6) is 0.184. The van der Waals surface area contributed by atoms with Crippen LogP contribution in [0.4, 0.5) is 0 Å². The maximum absolute atomic E-state index is 11.8. The third-order valence-corrected chi connectivity index (χ3v) is 4.70. The van der Waals surface area contributed by atoms with Gasteiger partial charge < -0.3 is 11.1 Å². The summed E-state index contributed by atoms with van der Waals surface area (Å²) >= 11 is 1.79. The maximum Gasteiger partial charge on any atom is 0.220 e. The van der Waals surface area contributed by atoms with Gasteiger partial charge in [0.05, 0.1) is 0 Å². The summed E-state index contributed by atoms with van der Waals surface area (Å²) in [6.45, 7) is 2.13. The molecule has 0 aliphatic heterocycles. The smallest absolute Gasteiger partial charge is 0.220 e. The molecule has 2 rings (SSSR count). The second kappa shape index (κ2) is 6.34. The zero-order chi connectivity index (χ0) is 13.0. The molecule has 18 heavy (non-hydrogen) atoms. The van der Waals surface area contributed by atoms with Crippen LogP contribution in [0.5, 0.6) is 0 Å². The first kappa shape index (κ1) is 13.6. The van der Waals surface area contributed by atoms with Crippen LogP contribution in [0.15, 0.2) is 11.4 Å². The predicted octanol–water partition coefficient (Wildman–Crippen LogP) is 2.38. The monoisotopic (exact) mass is 266 g/mol. The third-order valence-electron chi connectivity index (χ3n) is 3.61. The first-order chi connectivity index (χ1) is 8.65. The Bertz CT molecular complexity index is 402. The number of hydrogen-bond donors (Lipinski definition) is 2. The summed E-state index contributed by atoms with van der Waals surface area (Å²) in [6, 6.07) is 2.74. The molecule has 1 saturated carbocycles. The normalized spacial score (nSPS) is 23.2. The molecule has 1 aromatic heterocycles. The first-order valence-corrected chi connectivity index (χ1v) is 7.61. The van der Waals surface area contributed by atoms with Gasteiger partial charge in [-0.2, -0.15) is 0 Å². The molecule has 0 radical (unpaired) electrons. The standard InChI is InChI=1S/C14H22N2OS/c1-10-7-8-18-13(10)3-2-4-14(17)16-12-6-5-11(15)9-12/h7-8,11-12H,2-6,9,15H2,1H3,(H,16,17). The summed E-state index contributed by atoms with van der Waals surface area (Å²) in [4.78, 5) is 13.2. The van der Waals surface area contributed by atoms with Gasteiger partial charge in [-0.05, 0) is 56.0 Å². The van der Waals surface area contributed by atoms with Crippen molar-refractivity contribution >= 4 is 17.2 Å². The largest absolute Gasteiger partial charge is 0.353 e. The van der Waals surface area contributed by atoms with Gasteiger partial charge in [-0.1, -0.05) is 0 Å². The number of aryl methyl sites for hydroxylation is 2. The van der Waals surface area contributed by atoms with Crippen LogP contribution >= 0.6 is 11.3 Å². The van der Waals surface area contributed by atoms with Gasteiger partial charge in [0.15, 0.2) is 0 Å². The lowest BCUT2D eigenvalue weighted by atomic mass is 10.1. The Labute approximate surface area is 113 Å². The molecule has 2 unspecified atom stereocenters. The van der Waals surface area contributed by atoms with Gasteiger partial charge in [0.1, 0.15) is 0 Å². The van der Waals surface area contributed by atoms with E-state index in [1.165, 1.54) is 10.4 Å². The Morgan fingerprint density at radius 2 is 2.39 bits per heavy atom. The molecule has 1 amide bonds. The SMILES string of the molecule is Cc1ccsc1CCCC(=O)NC1CCC(N)C1. The topological polar surface area (TPSA) is 55.1 Å². The van der Waals surface area contributed by atoms with Gasteiger partial charge in [0.2, 0.25) is 5.91 Å². The van der Waals surface area contributed by atoms with Crippen molar-refractivity contribution in [3.05, 3.63) is 21.9 Å². The van der Waals surface area contributed by atoms with Crippen LogP contribution in [-0.2, 0) is 11.2 Å². The lowest BCUT2D eigenvalue weighted by molar-refractivity contribution is -0.121. The Morgan fingerprint density at radius 1 is 1.56 bits per heavy atom. The van der Waals surface area contributed by atoms with Crippen molar-refractivity contribution in [3.63, 3.8) is 0 Å². The minimum absolute atomic E-state index is 0.184. The molecule has 1 aliphatic rings. The zero-order valence-electron chi connectivity index (χ0n) is 10.9. The number of hydrogen-bond acceptors (Lipinski definition) is 3. The van der Waals surface area contributed by atoms with E-state index in [1.54, 1.807) is 11.3 Å². The third kappa shape index (κ3) is 3.82. The molecule has 3 N–H and O–H groups in total. The number of nitrogens with two attached hydrogens (primary N) is 1. The summed E-state index contributed by atoms with van der Waals surface area (Å²) in [5, 5.41) is 5.20. The average molecular weight is 266 g/mol. The molecule has 1 heterocycles. The maximum atomic E-state index is 11.8. The summed E-state index contributed by atoms with van der Waals surface area (Å²) in [6.07, 6.45) is 5.60. The molecule has 1 aliphatic carbocycles. The molecule has 2 atom stereocenters. The fraction of sp³-hybridized carbons (Fsp3) is 0.643. The van der Waals surface area contributed by atoms with E-state index in [2.05, 4.69) is 23.7 Å². The van der Waals surface area contributed by atoms with Crippen LogP contribution in [-0.4, -0.2) is 18.0 Å². The molecule has 0 aromatic carbocycles. The highest BCUT2D eigenvalue weighted by atomic mass is 32.1. The molecule has 1 fully saturated rings. The minimum Gasteiger partial charge on any atom is -0.353 e. The van der Waals surface area contributed by atoms with E-state index >= 15 is 0 Å². The van der Waals surface area contributed by atoms with Gasteiger partial charge in [-0.25, -0.2) is 0 Å². The van der Waals surface area contributed by atoms with Gasteiger partial charge in [0.25, 0.3) is 0 Å². The van der Waals surface area contributed by atoms with Crippen LogP contribution in [0.25, 0.3) is 0 Å². The highest BCUT2D eigenvalue weighted by Crippen LogP contribution is 2.19. The van der Waals surface area contributed by atoms with Crippen molar-refractivity contribution in [1.29, 1.82) is 0 Å². The van der Waals surface area contributed by atoms with Crippen molar-refractivity contribution in [2.75, 3.05) is 0 Å². The molecule has 0 spiro atoms. The van der Waals surface area contributed by atoms with E-state index in [0.29, 0.717) is 12.5 Å². The van der Waals surface area contributed by atoms with Gasteiger partial charge >= 0.3 is 0 Å². The van der Waals surface area contributed by atoms with Crippen LogP contribution < -0.4 is 11.1 Å². The summed E-state index contributed by atoms with van der Waals surface area (Å²) in [5.41, 5.74) is 7.18. The fourth-order valence-corrected chi connectivity index (χ4v) is 3.47. The van der Waals surface area contributed by atoms with Crippen molar-refractivity contribution < 1.29 is 4.79 Å². The Morgan fingerprint density at radius 3 is 3.00 bits per heavy atom. The minimum atomic E-state index is 0.184. The van der Waals surface area contributed by atoms with E-state index < -0.39 is 0 Å². The molecule has 100 valence electrons. The molecular formula is C14H22N2OS. The second-order valence-corrected chi connectivity index (χ2v) is 6.22. The summed E-state index contributed by atoms with van der Waals surface area (Å²) < 4.78 is 0. The molecule has 4 heteroatoms. The number of nitrogens with one attached hydrogen (secondary N) is 1. The van der Waals surface area contributed by atoms with E-state index in [0.717, 1.165) is 32.1 Å². The fourth-order valence-electron chi connectivity index (χ4n) is 2.52. The van der Waals surface area contributed by atoms with Crippen LogP contribution in [0, 0.1) is 6.92 Å². The molecule has 3 nitrogen and oxygen atoms in total. The van der Waals surface area contributed by atoms with E-state index in [4.69, 9.17) is 5.73 Å². The molecular weight excluding hydrogens is 244 g/mol. The Balaban J connectivity index is 1.65. The quantitative estimate of drug-likeness (QED) is 0.859. The van der Waals surface area contributed by atoms with Gasteiger partial charge in [0, 0.05) is 23.4 Å². The van der Waals surface area contributed by atoms with Crippen molar-refractivity contribution in [1.82, 2.24) is 5.32 Å². The number of amides is 1. The predicted molar refractivity (Wildman–Crippen MR) is 75.8 cm³/mol. The number of thiophene rings is 1. The lowest BCUT2D eigenvalue weighted by Gasteiger charge is -2.12. The number of carbonyl (C=O) groups is 1. The summed E-state index contributed by atoms with van der Waals surface area (Å²) in [7, 11) is 0. The van der Waals surface area contributed by atoms with Crippen molar-refractivity contribution in [2.24, 2.45) is 5.73 Å². The lowest BCUT2D eigenvalue weighted by Crippen LogP contribution is -2.33. The molecule has 0 saturated heterocycles. The Hall–Kier alpha value is -0.870. The Kier molecular flexibility index (Phi) is 4.78. The molecule has 1 aromatic rings. The van der Waals surface area contributed by atoms with Crippen LogP contribution in [0.1, 0.15) is 42.5 Å². The number of carbonyl (C=O) groups excluding carboxylic acids is 1. The zero-order valence-corrected chi connectivity index (χ0v) is 11.8. The first-order valence-electron chi connectivity index (χ1n) is 6.73. The highest BCUT2D eigenvalue weighted by molar-refractivity contribution is 7.10. The number of rotatable bonds is 5.